The maximum Gasteiger partial charge on any atom is 0.343 e. The summed E-state index contributed by atoms with van der Waals surface area (Å²) in [5.74, 6) is -0.330. The SMILES string of the molecule is CCCCCCOC(=O)c1ccc(OC(=O)c2ccc3c(c2)C(C)(C)CCC3(C)C)cc1. The van der Waals surface area contributed by atoms with Crippen LogP contribution in [0.15, 0.2) is 42.5 Å². The lowest BCUT2D eigenvalue weighted by Crippen LogP contribution is -2.34. The molecule has 0 heterocycles. The normalized spacial score (nSPS) is 16.2. The van der Waals surface area contributed by atoms with Gasteiger partial charge < -0.3 is 9.47 Å². The zero-order valence-electron chi connectivity index (χ0n) is 20.1. The van der Waals surface area contributed by atoms with Crippen molar-refractivity contribution in [3.8, 4) is 5.75 Å². The van der Waals surface area contributed by atoms with Crippen molar-refractivity contribution in [2.45, 2.75) is 84.0 Å². The van der Waals surface area contributed by atoms with E-state index in [2.05, 4.69) is 40.7 Å². The van der Waals surface area contributed by atoms with Gasteiger partial charge in [-0.05, 0) is 77.6 Å². The van der Waals surface area contributed by atoms with Gasteiger partial charge in [0.15, 0.2) is 0 Å². The molecule has 3 rings (SSSR count). The molecule has 4 nitrogen and oxygen atoms in total. The lowest BCUT2D eigenvalue weighted by molar-refractivity contribution is 0.0497. The molecule has 0 fully saturated rings. The predicted molar refractivity (Wildman–Crippen MR) is 128 cm³/mol. The molecule has 0 spiro atoms. The molecule has 32 heavy (non-hydrogen) atoms. The Morgan fingerprint density at radius 2 is 1.41 bits per heavy atom. The number of fused-ring (bicyclic) bond motifs is 1. The molecule has 0 unspecified atom stereocenters. The topological polar surface area (TPSA) is 52.6 Å². The number of unbranched alkanes of at least 4 members (excludes halogenated alkanes) is 3. The van der Waals surface area contributed by atoms with E-state index in [4.69, 9.17) is 9.47 Å². The third-order valence-corrected chi connectivity index (χ3v) is 6.62. The average molecular weight is 437 g/mol. The van der Waals surface area contributed by atoms with E-state index in [-0.39, 0.29) is 16.8 Å². The average Bonchev–Trinajstić information content (AvgIpc) is 2.77. The summed E-state index contributed by atoms with van der Waals surface area (Å²) in [6.45, 7) is 11.6. The smallest absolute Gasteiger partial charge is 0.343 e. The summed E-state index contributed by atoms with van der Waals surface area (Å²) in [5, 5.41) is 0. The Hall–Kier alpha value is -2.62. The van der Waals surface area contributed by atoms with Gasteiger partial charge >= 0.3 is 11.9 Å². The summed E-state index contributed by atoms with van der Waals surface area (Å²) < 4.78 is 10.9. The molecule has 1 aliphatic carbocycles. The highest BCUT2D eigenvalue weighted by atomic mass is 16.5. The Morgan fingerprint density at radius 3 is 2.06 bits per heavy atom. The molecule has 0 radical (unpaired) electrons. The zero-order valence-corrected chi connectivity index (χ0v) is 20.1. The van der Waals surface area contributed by atoms with Gasteiger partial charge in [0.1, 0.15) is 5.75 Å². The van der Waals surface area contributed by atoms with Crippen molar-refractivity contribution in [1.29, 1.82) is 0 Å². The van der Waals surface area contributed by atoms with E-state index in [0.29, 0.717) is 23.5 Å². The second-order valence-electron chi connectivity index (χ2n) is 10.1. The first-order valence-corrected chi connectivity index (χ1v) is 11.8. The minimum atomic E-state index is -0.391. The molecule has 0 aromatic heterocycles. The summed E-state index contributed by atoms with van der Waals surface area (Å²) in [5.41, 5.74) is 3.67. The van der Waals surface area contributed by atoms with Crippen molar-refractivity contribution in [3.63, 3.8) is 0 Å². The van der Waals surface area contributed by atoms with Crippen molar-refractivity contribution in [2.75, 3.05) is 6.61 Å². The number of hydrogen-bond acceptors (Lipinski definition) is 4. The van der Waals surface area contributed by atoms with Gasteiger partial charge in [-0.2, -0.15) is 0 Å². The Morgan fingerprint density at radius 1 is 0.781 bits per heavy atom. The largest absolute Gasteiger partial charge is 0.462 e. The molecule has 172 valence electrons. The van der Waals surface area contributed by atoms with E-state index >= 15 is 0 Å². The van der Waals surface area contributed by atoms with Crippen molar-refractivity contribution >= 4 is 11.9 Å². The van der Waals surface area contributed by atoms with E-state index in [0.717, 1.165) is 38.5 Å². The molecular weight excluding hydrogens is 400 g/mol. The number of hydrogen-bond donors (Lipinski definition) is 0. The van der Waals surface area contributed by atoms with Crippen molar-refractivity contribution in [3.05, 3.63) is 64.7 Å². The lowest BCUT2D eigenvalue weighted by atomic mass is 9.63. The van der Waals surface area contributed by atoms with Crippen LogP contribution in [-0.2, 0) is 15.6 Å². The molecule has 0 N–H and O–H groups in total. The minimum Gasteiger partial charge on any atom is -0.462 e. The number of rotatable bonds is 8. The second-order valence-corrected chi connectivity index (χ2v) is 10.1. The summed E-state index contributed by atoms with van der Waals surface area (Å²) in [6.07, 6.45) is 6.46. The standard InChI is InChI=1S/C28H36O4/c1-6-7-8-9-18-31-25(29)20-10-13-22(14-11-20)32-26(30)21-12-15-23-24(19-21)28(4,5)17-16-27(23,2)3/h10-15,19H,6-9,16-18H2,1-5H3. The first kappa shape index (κ1) is 24.0. The molecule has 2 aromatic carbocycles. The summed E-state index contributed by atoms with van der Waals surface area (Å²) in [6, 6.07) is 12.5. The highest BCUT2D eigenvalue weighted by Crippen LogP contribution is 2.45. The summed E-state index contributed by atoms with van der Waals surface area (Å²) in [7, 11) is 0. The third-order valence-electron chi connectivity index (χ3n) is 6.62. The lowest BCUT2D eigenvalue weighted by Gasteiger charge is -2.41. The fourth-order valence-electron chi connectivity index (χ4n) is 4.32. The molecule has 0 amide bonds. The number of carbonyl (C=O) groups excluding carboxylic acids is 2. The molecule has 0 aliphatic heterocycles. The number of esters is 2. The first-order chi connectivity index (χ1) is 15.1. The minimum absolute atomic E-state index is 0.0275. The van der Waals surface area contributed by atoms with Gasteiger partial charge in [-0.15, -0.1) is 0 Å². The van der Waals surface area contributed by atoms with E-state index in [1.54, 1.807) is 24.3 Å². The second kappa shape index (κ2) is 9.89. The van der Waals surface area contributed by atoms with Crippen LogP contribution in [0.2, 0.25) is 0 Å². The predicted octanol–water partition coefficient (Wildman–Crippen LogP) is 6.99. The van der Waals surface area contributed by atoms with Crippen LogP contribution in [-0.4, -0.2) is 18.5 Å². The third kappa shape index (κ3) is 5.59. The van der Waals surface area contributed by atoms with Crippen molar-refractivity contribution in [2.24, 2.45) is 0 Å². The van der Waals surface area contributed by atoms with Gasteiger partial charge in [0.05, 0.1) is 17.7 Å². The maximum atomic E-state index is 12.8. The molecule has 4 heteroatoms. The van der Waals surface area contributed by atoms with Crippen LogP contribution in [0, 0.1) is 0 Å². The van der Waals surface area contributed by atoms with Crippen LogP contribution in [0.25, 0.3) is 0 Å². The Bertz CT molecular complexity index is 954. The fourth-order valence-corrected chi connectivity index (χ4v) is 4.32. The number of ether oxygens (including phenoxy) is 2. The molecule has 0 saturated carbocycles. The van der Waals surface area contributed by atoms with E-state index in [1.807, 2.05) is 12.1 Å². The van der Waals surface area contributed by atoms with E-state index < -0.39 is 5.97 Å². The highest BCUT2D eigenvalue weighted by molar-refractivity contribution is 5.92. The van der Waals surface area contributed by atoms with Crippen molar-refractivity contribution in [1.82, 2.24) is 0 Å². The number of benzene rings is 2. The fraction of sp³-hybridized carbons (Fsp3) is 0.500. The monoisotopic (exact) mass is 436 g/mol. The summed E-state index contributed by atoms with van der Waals surface area (Å²) >= 11 is 0. The zero-order chi connectivity index (χ0) is 23.4. The van der Waals surface area contributed by atoms with Crippen LogP contribution in [0.1, 0.15) is 105 Å². The molecule has 0 saturated heterocycles. The van der Waals surface area contributed by atoms with Crippen molar-refractivity contribution < 1.29 is 19.1 Å². The molecule has 0 bridgehead atoms. The summed E-state index contributed by atoms with van der Waals surface area (Å²) in [4.78, 5) is 25.0. The highest BCUT2D eigenvalue weighted by Gasteiger charge is 2.37. The Kier molecular flexibility index (Phi) is 7.43. The molecule has 2 aromatic rings. The van der Waals surface area contributed by atoms with Gasteiger partial charge in [-0.25, -0.2) is 9.59 Å². The van der Waals surface area contributed by atoms with Gasteiger partial charge in [0.2, 0.25) is 0 Å². The van der Waals surface area contributed by atoms with Crippen LogP contribution in [0.5, 0.6) is 5.75 Å². The van der Waals surface area contributed by atoms with Gasteiger partial charge in [0, 0.05) is 0 Å². The van der Waals surface area contributed by atoms with E-state index in [1.165, 1.54) is 11.1 Å². The maximum absolute atomic E-state index is 12.8. The Balaban J connectivity index is 1.65. The Labute approximate surface area is 192 Å². The quantitative estimate of drug-likeness (QED) is 0.254. The van der Waals surface area contributed by atoms with Gasteiger partial charge in [-0.3, -0.25) is 0 Å². The van der Waals surface area contributed by atoms with E-state index in [9.17, 15) is 9.59 Å². The van der Waals surface area contributed by atoms with Gasteiger partial charge in [0.25, 0.3) is 0 Å². The molecular formula is C28H36O4. The molecule has 1 aliphatic rings. The first-order valence-electron chi connectivity index (χ1n) is 11.8. The van der Waals surface area contributed by atoms with Crippen LogP contribution in [0.4, 0.5) is 0 Å². The van der Waals surface area contributed by atoms with Gasteiger partial charge in [-0.1, -0.05) is 59.9 Å². The van der Waals surface area contributed by atoms with Crippen LogP contribution >= 0.6 is 0 Å². The molecule has 0 atom stereocenters. The van der Waals surface area contributed by atoms with Crippen LogP contribution in [0.3, 0.4) is 0 Å². The van der Waals surface area contributed by atoms with Crippen LogP contribution < -0.4 is 4.74 Å². The number of carbonyl (C=O) groups is 2.